The average molecular weight is 280 g/mol. The van der Waals surface area contributed by atoms with Crippen LogP contribution in [0.1, 0.15) is 15.7 Å². The molecule has 0 bridgehead atoms. The van der Waals surface area contributed by atoms with E-state index in [9.17, 15) is 31.6 Å². The Morgan fingerprint density at radius 3 is 0.950 bits per heavy atom. The van der Waals surface area contributed by atoms with E-state index in [0.29, 0.717) is 12.8 Å². The van der Waals surface area contributed by atoms with Gasteiger partial charge in [0.2, 0.25) is 5.41 Å². The van der Waals surface area contributed by atoms with Crippen molar-refractivity contribution in [1.82, 2.24) is 0 Å². The summed E-state index contributed by atoms with van der Waals surface area (Å²) in [7, 11) is 0. The molecule has 1 spiro atoms. The zero-order valence-corrected chi connectivity index (χ0v) is 15.1. The number of nitriles is 6. The molecular weight excluding hydrogens is 274 g/mol. The number of nitrogens with zero attached hydrogens (tertiary/aromatic N) is 6. The first-order valence-corrected chi connectivity index (χ1v) is 5.05. The molecule has 0 aliphatic heterocycles. The first-order chi connectivity index (χ1) is 8.57. The smallest absolute Gasteiger partial charge is 1.00 e. The zero-order chi connectivity index (χ0) is 13.7. The van der Waals surface area contributed by atoms with Crippen LogP contribution in [0.3, 0.4) is 0 Å². The van der Waals surface area contributed by atoms with Crippen molar-refractivity contribution in [3.8, 4) is 36.4 Å². The van der Waals surface area contributed by atoms with Crippen LogP contribution < -0.4 is 59.1 Å². The van der Waals surface area contributed by atoms with Crippen molar-refractivity contribution in [2.24, 2.45) is 21.7 Å². The quantitative estimate of drug-likeness (QED) is 0.407. The van der Waals surface area contributed by atoms with Crippen molar-refractivity contribution >= 4 is 0 Å². The Morgan fingerprint density at radius 1 is 0.550 bits per heavy atom. The predicted octanol–water partition coefficient (Wildman–Crippen LogP) is -4.89. The van der Waals surface area contributed by atoms with E-state index in [1.54, 1.807) is 36.4 Å². The topological polar surface area (TPSA) is 143 Å². The summed E-state index contributed by atoms with van der Waals surface area (Å²) in [6, 6.07) is 10.1. The van der Waals surface area contributed by atoms with Gasteiger partial charge in [-0.3, -0.25) is 0 Å². The van der Waals surface area contributed by atoms with Gasteiger partial charge in [-0.2, -0.15) is 31.6 Å². The van der Waals surface area contributed by atoms with Crippen LogP contribution in [-0.4, -0.2) is 0 Å². The Hall–Kier alpha value is -1.06. The predicted molar refractivity (Wildman–Crippen MR) is 54.9 cm³/mol. The molecule has 0 aromatic carbocycles. The van der Waals surface area contributed by atoms with Gasteiger partial charge in [-0.25, -0.2) is 0 Å². The summed E-state index contributed by atoms with van der Waals surface area (Å²) < 4.78 is 0. The average Bonchev–Trinajstić information content (AvgIpc) is 3.21. The molecule has 8 heteroatoms. The van der Waals surface area contributed by atoms with E-state index in [4.69, 9.17) is 0 Å². The molecule has 2 aliphatic rings. The second-order valence-corrected chi connectivity index (χ2v) is 4.50. The van der Waals surface area contributed by atoms with Crippen LogP contribution in [0.4, 0.5) is 0 Å². The van der Waals surface area contributed by atoms with Crippen LogP contribution in [0.5, 0.6) is 0 Å². The molecular formula is C12H6N6Na2. The SMILES string of the molecule is N#CC1(C#N)C(C#N)(C#N)C2(CC2)C1(C#N)C#N.[H-].[H-].[Na+].[Na+]. The summed E-state index contributed by atoms with van der Waals surface area (Å²) >= 11 is 0. The van der Waals surface area contributed by atoms with Crippen LogP contribution in [0.2, 0.25) is 0 Å². The zero-order valence-electron chi connectivity index (χ0n) is 13.1. The van der Waals surface area contributed by atoms with E-state index in [0.717, 1.165) is 0 Å². The van der Waals surface area contributed by atoms with Crippen molar-refractivity contribution in [2.75, 3.05) is 0 Å². The molecule has 2 saturated carbocycles. The van der Waals surface area contributed by atoms with E-state index >= 15 is 0 Å². The van der Waals surface area contributed by atoms with Gasteiger partial charge in [0.25, 0.3) is 0 Å². The Labute approximate surface area is 163 Å². The fraction of sp³-hybridized carbons (Fsp3) is 0.500. The molecule has 2 rings (SSSR count). The van der Waals surface area contributed by atoms with Crippen LogP contribution in [-0.2, 0) is 0 Å². The number of rotatable bonds is 0. The van der Waals surface area contributed by atoms with E-state index < -0.39 is 21.7 Å². The van der Waals surface area contributed by atoms with Gasteiger partial charge in [-0.1, -0.05) is 0 Å². The van der Waals surface area contributed by atoms with Crippen LogP contribution in [0.15, 0.2) is 0 Å². The molecule has 0 radical (unpaired) electrons. The first-order valence-electron chi connectivity index (χ1n) is 5.05. The molecule has 0 saturated heterocycles. The maximum Gasteiger partial charge on any atom is 1.00 e. The van der Waals surface area contributed by atoms with E-state index in [1.165, 1.54) is 0 Å². The third kappa shape index (κ3) is 1.28. The second-order valence-electron chi connectivity index (χ2n) is 4.50. The van der Waals surface area contributed by atoms with Crippen molar-refractivity contribution in [1.29, 1.82) is 31.6 Å². The van der Waals surface area contributed by atoms with Crippen molar-refractivity contribution < 1.29 is 62.0 Å². The molecule has 0 atom stereocenters. The maximum atomic E-state index is 9.24. The van der Waals surface area contributed by atoms with Crippen LogP contribution in [0, 0.1) is 89.6 Å². The summed E-state index contributed by atoms with van der Waals surface area (Å²) in [6.45, 7) is 0. The normalized spacial score (nSPS) is 23.1. The molecule has 86 valence electrons. The van der Waals surface area contributed by atoms with E-state index in [-0.39, 0.29) is 62.0 Å². The Kier molecular flexibility index (Phi) is 5.09. The van der Waals surface area contributed by atoms with Crippen LogP contribution in [0.25, 0.3) is 0 Å². The largest absolute Gasteiger partial charge is 1.00 e. The molecule has 0 N–H and O–H groups in total. The van der Waals surface area contributed by atoms with Gasteiger partial charge in [0.1, 0.15) is 0 Å². The molecule has 0 unspecified atom stereocenters. The summed E-state index contributed by atoms with van der Waals surface area (Å²) in [6.07, 6.45) is 0.667. The summed E-state index contributed by atoms with van der Waals surface area (Å²) in [5, 5.41) is 55.4. The van der Waals surface area contributed by atoms with Gasteiger partial charge >= 0.3 is 59.1 Å². The van der Waals surface area contributed by atoms with Gasteiger partial charge < -0.3 is 2.85 Å². The Balaban J connectivity index is -0.000000902. The third-order valence-corrected chi connectivity index (χ3v) is 4.32. The maximum absolute atomic E-state index is 9.24. The minimum absolute atomic E-state index is 0. The minimum Gasteiger partial charge on any atom is -1.00 e. The van der Waals surface area contributed by atoms with Gasteiger partial charge in [-0.15, -0.1) is 0 Å². The monoisotopic (exact) mass is 280 g/mol. The molecule has 0 heterocycles. The van der Waals surface area contributed by atoms with E-state index in [1.807, 2.05) is 0 Å². The number of hydrogen-bond acceptors (Lipinski definition) is 6. The third-order valence-electron chi connectivity index (χ3n) is 4.32. The molecule has 0 aromatic rings. The Morgan fingerprint density at radius 2 is 0.800 bits per heavy atom. The van der Waals surface area contributed by atoms with Gasteiger partial charge in [-0.05, 0) is 12.8 Å². The molecule has 6 nitrogen and oxygen atoms in total. The van der Waals surface area contributed by atoms with Crippen molar-refractivity contribution in [3.05, 3.63) is 0 Å². The molecule has 2 fully saturated rings. The first kappa shape index (κ1) is 18.9. The van der Waals surface area contributed by atoms with Crippen LogP contribution >= 0.6 is 0 Å². The molecule has 0 amide bonds. The molecule has 20 heavy (non-hydrogen) atoms. The Bertz CT molecular complexity index is 619. The minimum atomic E-state index is -2.20. The number of hydrogen-bond donors (Lipinski definition) is 0. The molecule has 2 aliphatic carbocycles. The van der Waals surface area contributed by atoms with Gasteiger partial charge in [0.15, 0.2) is 10.8 Å². The van der Waals surface area contributed by atoms with Crippen molar-refractivity contribution in [3.63, 3.8) is 0 Å². The fourth-order valence-corrected chi connectivity index (χ4v) is 3.27. The van der Waals surface area contributed by atoms with Crippen molar-refractivity contribution in [2.45, 2.75) is 12.8 Å². The summed E-state index contributed by atoms with van der Waals surface area (Å²) in [4.78, 5) is 0. The summed E-state index contributed by atoms with van der Waals surface area (Å²) in [5.74, 6) is 0. The fourth-order valence-electron chi connectivity index (χ4n) is 3.27. The van der Waals surface area contributed by atoms with Gasteiger partial charge in [0, 0.05) is 5.41 Å². The van der Waals surface area contributed by atoms with E-state index in [2.05, 4.69) is 0 Å². The summed E-state index contributed by atoms with van der Waals surface area (Å²) in [5.41, 5.74) is -7.15. The second kappa shape index (κ2) is 5.38. The standard InChI is InChI=1S/C12H4N6.2Na.2H/c13-3-10(4-14)9(1-2-9)11(5-15,6-16)12(10,7-17)8-18;;;;/h1-2H2;;;;/q;2*+1;2*-1. The van der Waals surface area contributed by atoms with Gasteiger partial charge in [0.05, 0.1) is 36.4 Å². The molecule has 0 aromatic heterocycles.